The minimum atomic E-state index is -0.131. The molecule has 0 saturated heterocycles. The highest BCUT2D eigenvalue weighted by Crippen LogP contribution is 2.34. The lowest BCUT2D eigenvalue weighted by Gasteiger charge is -2.14. The summed E-state index contributed by atoms with van der Waals surface area (Å²) in [6, 6.07) is 12.6. The first-order valence-electron chi connectivity index (χ1n) is 8.97. The van der Waals surface area contributed by atoms with E-state index in [9.17, 15) is 4.79 Å². The van der Waals surface area contributed by atoms with Gasteiger partial charge in [0.1, 0.15) is 5.75 Å². The van der Waals surface area contributed by atoms with Gasteiger partial charge in [-0.1, -0.05) is 47.1 Å². The fourth-order valence-corrected chi connectivity index (χ4v) is 3.84. The number of aromatic nitrogens is 3. The van der Waals surface area contributed by atoms with E-state index in [4.69, 9.17) is 32.7 Å². The van der Waals surface area contributed by atoms with Crippen molar-refractivity contribution < 1.29 is 14.3 Å². The van der Waals surface area contributed by atoms with E-state index in [-0.39, 0.29) is 11.7 Å². The molecule has 0 atom stereocenters. The van der Waals surface area contributed by atoms with Crippen LogP contribution in [0.3, 0.4) is 0 Å². The lowest BCUT2D eigenvalue weighted by atomic mass is 10.2. The zero-order chi connectivity index (χ0) is 21.5. The second-order valence-electron chi connectivity index (χ2n) is 6.10. The number of hydrogen-bond donors (Lipinski definition) is 1. The molecule has 158 valence electrons. The maximum absolute atomic E-state index is 12.1. The predicted molar refractivity (Wildman–Crippen MR) is 119 cm³/mol. The van der Waals surface area contributed by atoms with E-state index in [2.05, 4.69) is 15.5 Å². The average molecular weight is 467 g/mol. The van der Waals surface area contributed by atoms with Crippen molar-refractivity contribution in [3.63, 3.8) is 0 Å². The molecule has 0 unspecified atom stereocenters. The molecular formula is C20H20Cl2N4O3S. The Morgan fingerprint density at radius 3 is 2.67 bits per heavy atom. The molecular weight excluding hydrogens is 447 g/mol. The Morgan fingerprint density at radius 2 is 1.93 bits per heavy atom. The highest BCUT2D eigenvalue weighted by Gasteiger charge is 2.20. The molecule has 7 nitrogen and oxygen atoms in total. The lowest BCUT2D eigenvalue weighted by Crippen LogP contribution is -2.28. The van der Waals surface area contributed by atoms with Gasteiger partial charge < -0.3 is 14.8 Å². The van der Waals surface area contributed by atoms with Crippen LogP contribution in [0.1, 0.15) is 0 Å². The molecule has 0 aliphatic rings. The van der Waals surface area contributed by atoms with Gasteiger partial charge in [-0.15, -0.1) is 10.2 Å². The van der Waals surface area contributed by atoms with Gasteiger partial charge in [0.25, 0.3) is 0 Å². The van der Waals surface area contributed by atoms with Gasteiger partial charge in [0.15, 0.2) is 11.0 Å². The second-order valence-corrected chi connectivity index (χ2v) is 7.91. The summed E-state index contributed by atoms with van der Waals surface area (Å²) in [7, 11) is 3.16. The number of carbonyl (C=O) groups excluding carboxylic acids is 1. The van der Waals surface area contributed by atoms with Gasteiger partial charge in [-0.25, -0.2) is 0 Å². The molecule has 1 aromatic heterocycles. The summed E-state index contributed by atoms with van der Waals surface area (Å²) >= 11 is 13.7. The van der Waals surface area contributed by atoms with Crippen LogP contribution in [-0.2, 0) is 9.53 Å². The molecule has 30 heavy (non-hydrogen) atoms. The standard InChI is InChI=1S/C20H20Cl2N4O3S/c1-28-9-8-23-18(27)12-30-20-25-24-19(13-4-3-5-14(21)10-13)26(20)16-11-15(22)6-7-17(16)29-2/h3-7,10-11H,8-9,12H2,1-2H3,(H,23,27). The summed E-state index contributed by atoms with van der Waals surface area (Å²) in [6.07, 6.45) is 0. The summed E-state index contributed by atoms with van der Waals surface area (Å²) in [5.74, 6) is 1.18. The highest BCUT2D eigenvalue weighted by atomic mass is 35.5. The predicted octanol–water partition coefficient (Wildman–Crippen LogP) is 4.10. The van der Waals surface area contributed by atoms with Gasteiger partial charge >= 0.3 is 0 Å². The van der Waals surface area contributed by atoms with Gasteiger partial charge in [0.05, 0.1) is 25.2 Å². The van der Waals surface area contributed by atoms with E-state index in [1.165, 1.54) is 11.8 Å². The van der Waals surface area contributed by atoms with E-state index in [0.717, 1.165) is 5.56 Å². The van der Waals surface area contributed by atoms with E-state index >= 15 is 0 Å². The van der Waals surface area contributed by atoms with Gasteiger partial charge in [0.2, 0.25) is 5.91 Å². The van der Waals surface area contributed by atoms with Crippen LogP contribution < -0.4 is 10.1 Å². The fourth-order valence-electron chi connectivity index (χ4n) is 2.71. The Morgan fingerprint density at radius 1 is 1.13 bits per heavy atom. The van der Waals surface area contributed by atoms with Crippen LogP contribution in [0.25, 0.3) is 17.1 Å². The maximum atomic E-state index is 12.1. The van der Waals surface area contributed by atoms with Crippen molar-refractivity contribution in [2.24, 2.45) is 0 Å². The Hall–Kier alpha value is -2.26. The summed E-state index contributed by atoms with van der Waals surface area (Å²) in [5.41, 5.74) is 1.43. The van der Waals surface area contributed by atoms with E-state index < -0.39 is 0 Å². The number of amides is 1. The summed E-state index contributed by atoms with van der Waals surface area (Å²) in [5, 5.41) is 13.1. The topological polar surface area (TPSA) is 78.3 Å². The van der Waals surface area contributed by atoms with Crippen molar-refractivity contribution in [2.75, 3.05) is 33.1 Å². The molecule has 0 aliphatic carbocycles. The van der Waals surface area contributed by atoms with Crippen molar-refractivity contribution >= 4 is 40.9 Å². The third kappa shape index (κ3) is 5.46. The lowest BCUT2D eigenvalue weighted by molar-refractivity contribution is -0.118. The number of nitrogens with one attached hydrogen (secondary N) is 1. The molecule has 0 aliphatic heterocycles. The van der Waals surface area contributed by atoms with Gasteiger partial charge in [-0.2, -0.15) is 0 Å². The molecule has 0 saturated carbocycles. The van der Waals surface area contributed by atoms with Crippen LogP contribution in [0.15, 0.2) is 47.6 Å². The van der Waals surface area contributed by atoms with Crippen molar-refractivity contribution in [2.45, 2.75) is 5.16 Å². The zero-order valence-electron chi connectivity index (χ0n) is 16.4. The molecule has 1 amide bonds. The number of halogens is 2. The Bertz CT molecular complexity index is 1030. The molecule has 2 aromatic carbocycles. The first-order valence-corrected chi connectivity index (χ1v) is 10.7. The Balaban J connectivity index is 2.00. The summed E-state index contributed by atoms with van der Waals surface area (Å²) in [4.78, 5) is 12.1. The number of carbonyl (C=O) groups is 1. The average Bonchev–Trinajstić information content (AvgIpc) is 3.16. The maximum Gasteiger partial charge on any atom is 0.230 e. The summed E-state index contributed by atoms with van der Waals surface area (Å²) in [6.45, 7) is 0.893. The number of nitrogens with zero attached hydrogens (tertiary/aromatic N) is 3. The quantitative estimate of drug-likeness (QED) is 0.377. The molecule has 0 spiro atoms. The number of hydrogen-bond acceptors (Lipinski definition) is 6. The second kappa shape index (κ2) is 10.7. The van der Waals surface area contributed by atoms with E-state index in [0.29, 0.717) is 45.6 Å². The minimum absolute atomic E-state index is 0.131. The number of methoxy groups -OCH3 is 2. The SMILES string of the molecule is COCCNC(=O)CSc1nnc(-c2cccc(Cl)c2)n1-c1cc(Cl)ccc1OC. The first-order chi connectivity index (χ1) is 14.5. The molecule has 0 fully saturated rings. The largest absolute Gasteiger partial charge is 0.495 e. The Kier molecular flexibility index (Phi) is 7.98. The number of benzene rings is 2. The zero-order valence-corrected chi connectivity index (χ0v) is 18.7. The number of rotatable bonds is 9. The molecule has 1 heterocycles. The third-order valence-corrected chi connectivity index (χ3v) is 5.46. The van der Waals surface area contributed by atoms with E-state index in [1.54, 1.807) is 44.6 Å². The van der Waals surface area contributed by atoms with Gasteiger partial charge in [-0.05, 0) is 30.3 Å². The smallest absolute Gasteiger partial charge is 0.230 e. The van der Waals surface area contributed by atoms with Crippen molar-refractivity contribution in [3.8, 4) is 22.8 Å². The third-order valence-electron chi connectivity index (χ3n) is 4.06. The number of ether oxygens (including phenoxy) is 2. The first kappa shape index (κ1) is 22.4. The van der Waals surface area contributed by atoms with Crippen LogP contribution >= 0.6 is 35.0 Å². The fraction of sp³-hybridized carbons (Fsp3) is 0.250. The molecule has 10 heteroatoms. The minimum Gasteiger partial charge on any atom is -0.495 e. The molecule has 1 N–H and O–H groups in total. The van der Waals surface area contributed by atoms with Crippen molar-refractivity contribution in [1.82, 2.24) is 20.1 Å². The number of thioether (sulfide) groups is 1. The highest BCUT2D eigenvalue weighted by molar-refractivity contribution is 7.99. The molecule has 3 aromatic rings. The Labute approximate surface area is 188 Å². The van der Waals surface area contributed by atoms with Gasteiger partial charge in [0, 0.05) is 29.3 Å². The van der Waals surface area contributed by atoms with E-state index in [1.807, 2.05) is 16.7 Å². The van der Waals surface area contributed by atoms with Crippen LogP contribution in [0, 0.1) is 0 Å². The molecule has 0 radical (unpaired) electrons. The van der Waals surface area contributed by atoms with Crippen molar-refractivity contribution in [3.05, 3.63) is 52.5 Å². The summed E-state index contributed by atoms with van der Waals surface area (Å²) < 4.78 is 12.3. The van der Waals surface area contributed by atoms with Gasteiger partial charge in [-0.3, -0.25) is 9.36 Å². The normalized spacial score (nSPS) is 10.8. The van der Waals surface area contributed by atoms with Crippen LogP contribution in [0.2, 0.25) is 10.0 Å². The van der Waals surface area contributed by atoms with Crippen LogP contribution in [0.4, 0.5) is 0 Å². The van der Waals surface area contributed by atoms with Crippen molar-refractivity contribution in [1.29, 1.82) is 0 Å². The molecule has 3 rings (SSSR count). The monoisotopic (exact) mass is 466 g/mol. The molecule has 0 bridgehead atoms. The van der Waals surface area contributed by atoms with Crippen LogP contribution in [0.5, 0.6) is 5.75 Å². The van der Waals surface area contributed by atoms with Crippen LogP contribution in [-0.4, -0.2) is 53.8 Å².